The van der Waals surface area contributed by atoms with Crippen LogP contribution in [0.1, 0.15) is 21.5 Å². The van der Waals surface area contributed by atoms with E-state index in [0.29, 0.717) is 28.9 Å². The number of pyridine rings is 1. The largest absolute Gasteiger partial charge is 0.490 e. The lowest BCUT2D eigenvalue weighted by atomic mass is 10.1. The van der Waals surface area contributed by atoms with Gasteiger partial charge in [0, 0.05) is 29.9 Å². The summed E-state index contributed by atoms with van der Waals surface area (Å²) in [6, 6.07) is 10.4. The van der Waals surface area contributed by atoms with Crippen molar-refractivity contribution >= 4 is 16.8 Å². The van der Waals surface area contributed by atoms with Crippen molar-refractivity contribution in [3.63, 3.8) is 0 Å². The molecule has 1 amide bonds. The third kappa shape index (κ3) is 7.25. The van der Waals surface area contributed by atoms with Gasteiger partial charge in [0.05, 0.1) is 24.9 Å². The van der Waals surface area contributed by atoms with Gasteiger partial charge in [0.1, 0.15) is 24.0 Å². The minimum atomic E-state index is -1.03. The van der Waals surface area contributed by atoms with Gasteiger partial charge in [-0.05, 0) is 56.1 Å². The molecule has 11 heteroatoms. The molecule has 0 saturated carbocycles. The van der Waals surface area contributed by atoms with E-state index in [2.05, 4.69) is 27.1 Å². The average Bonchev–Trinajstić information content (AvgIpc) is 2.92. The molecular formula is C29H27F2N5O4. The number of hydrogen-bond acceptors (Lipinski definition) is 7. The fourth-order valence-corrected chi connectivity index (χ4v) is 3.90. The average molecular weight is 548 g/mol. The Labute approximate surface area is 229 Å². The predicted molar refractivity (Wildman–Crippen MR) is 145 cm³/mol. The number of aliphatic hydroxyl groups is 1. The van der Waals surface area contributed by atoms with Gasteiger partial charge in [-0.25, -0.2) is 13.8 Å². The molecule has 0 aliphatic rings. The Kier molecular flexibility index (Phi) is 9.16. The third-order valence-electron chi connectivity index (χ3n) is 5.76. The first-order valence-corrected chi connectivity index (χ1v) is 12.3. The first-order valence-electron chi connectivity index (χ1n) is 12.3. The summed E-state index contributed by atoms with van der Waals surface area (Å²) in [5.41, 5.74) is 0.867. The van der Waals surface area contributed by atoms with Crippen molar-refractivity contribution < 1.29 is 23.4 Å². The van der Waals surface area contributed by atoms with Crippen LogP contribution in [0.5, 0.6) is 5.75 Å². The number of carbonyl (C=O) groups is 1. The highest BCUT2D eigenvalue weighted by Crippen LogP contribution is 2.25. The van der Waals surface area contributed by atoms with Gasteiger partial charge in [0.25, 0.3) is 11.5 Å². The van der Waals surface area contributed by atoms with E-state index < -0.39 is 29.2 Å². The molecule has 1 atom stereocenters. The molecule has 0 fully saturated rings. The van der Waals surface area contributed by atoms with E-state index in [4.69, 9.17) is 4.74 Å². The summed E-state index contributed by atoms with van der Waals surface area (Å²) in [6.45, 7) is 0.464. The van der Waals surface area contributed by atoms with Gasteiger partial charge in [0.15, 0.2) is 11.6 Å². The molecule has 2 aromatic heterocycles. The molecule has 4 rings (SSSR count). The van der Waals surface area contributed by atoms with Gasteiger partial charge < -0.3 is 20.1 Å². The molecule has 2 aromatic carbocycles. The van der Waals surface area contributed by atoms with Crippen LogP contribution in [0.4, 0.5) is 8.78 Å². The van der Waals surface area contributed by atoms with Crippen molar-refractivity contribution in [2.75, 3.05) is 33.8 Å². The Bertz CT molecular complexity index is 1650. The van der Waals surface area contributed by atoms with Gasteiger partial charge in [-0.15, -0.1) is 0 Å². The first-order chi connectivity index (χ1) is 19.2. The topological polar surface area (TPSA) is 110 Å². The zero-order valence-corrected chi connectivity index (χ0v) is 21.9. The molecule has 1 unspecified atom stereocenters. The number of likely N-dealkylation sites (N-methyl/N-ethyl adjacent to an activating group) is 1. The number of aromatic nitrogens is 3. The molecule has 0 radical (unpaired) electrons. The Morgan fingerprint density at radius 2 is 2.00 bits per heavy atom. The van der Waals surface area contributed by atoms with Gasteiger partial charge in [-0.3, -0.25) is 19.1 Å². The molecule has 4 aromatic rings. The quantitative estimate of drug-likeness (QED) is 0.309. The Morgan fingerprint density at radius 1 is 1.18 bits per heavy atom. The summed E-state index contributed by atoms with van der Waals surface area (Å²) in [5, 5.41) is 13.4. The standard InChI is InChI=1S/C29H27F2N5O4/c1-35(2)16-21(37)17-40-27-9-11-33-26-8-6-19(12-22(26)27)4-3-10-34-28(38)23-14-32-18-36(29(23)39)15-20-5-7-24(30)25(31)13-20/h5-9,11-14,18,21,37H,10,15-17H2,1-2H3,(H,34,38). The Hall–Kier alpha value is -4.66. The minimum absolute atomic E-state index is 0.0402. The third-order valence-corrected chi connectivity index (χ3v) is 5.76. The molecule has 0 spiro atoms. The monoisotopic (exact) mass is 547 g/mol. The number of aliphatic hydroxyl groups excluding tert-OH is 1. The summed E-state index contributed by atoms with van der Waals surface area (Å²) < 4.78 is 33.6. The summed E-state index contributed by atoms with van der Waals surface area (Å²) in [7, 11) is 3.73. The second kappa shape index (κ2) is 12.9. The number of rotatable bonds is 9. The highest BCUT2D eigenvalue weighted by molar-refractivity contribution is 5.93. The molecule has 206 valence electrons. The van der Waals surface area contributed by atoms with Crippen LogP contribution in [0.2, 0.25) is 0 Å². The Balaban J connectivity index is 1.41. The van der Waals surface area contributed by atoms with Crippen molar-refractivity contribution in [2.24, 2.45) is 0 Å². The van der Waals surface area contributed by atoms with Crippen LogP contribution in [0.3, 0.4) is 0 Å². The zero-order chi connectivity index (χ0) is 28.6. The molecule has 9 nitrogen and oxygen atoms in total. The molecule has 40 heavy (non-hydrogen) atoms. The Morgan fingerprint density at radius 3 is 2.77 bits per heavy atom. The molecule has 0 saturated heterocycles. The van der Waals surface area contributed by atoms with E-state index in [1.807, 2.05) is 25.1 Å². The van der Waals surface area contributed by atoms with E-state index in [-0.39, 0.29) is 25.3 Å². The van der Waals surface area contributed by atoms with Crippen LogP contribution in [0, 0.1) is 23.5 Å². The van der Waals surface area contributed by atoms with Crippen molar-refractivity contribution in [2.45, 2.75) is 12.6 Å². The number of halogens is 2. The lowest BCUT2D eigenvalue weighted by Crippen LogP contribution is -2.33. The van der Waals surface area contributed by atoms with E-state index in [1.54, 1.807) is 24.4 Å². The number of amides is 1. The maximum absolute atomic E-state index is 13.5. The van der Waals surface area contributed by atoms with Gasteiger partial charge in [-0.2, -0.15) is 0 Å². The van der Waals surface area contributed by atoms with Crippen LogP contribution in [0.25, 0.3) is 10.9 Å². The second-order valence-electron chi connectivity index (χ2n) is 9.24. The fraction of sp³-hybridized carbons (Fsp3) is 0.241. The van der Waals surface area contributed by atoms with Gasteiger partial charge in [0.2, 0.25) is 0 Å². The number of ether oxygens (including phenoxy) is 1. The van der Waals surface area contributed by atoms with Crippen LogP contribution in [0.15, 0.2) is 66.0 Å². The van der Waals surface area contributed by atoms with Crippen molar-refractivity contribution in [3.05, 3.63) is 99.9 Å². The molecule has 0 aliphatic carbocycles. The summed E-state index contributed by atoms with van der Waals surface area (Å²) in [5.74, 6) is 3.69. The van der Waals surface area contributed by atoms with Crippen LogP contribution in [-0.4, -0.2) is 70.3 Å². The minimum Gasteiger partial charge on any atom is -0.490 e. The van der Waals surface area contributed by atoms with E-state index >= 15 is 0 Å². The van der Waals surface area contributed by atoms with E-state index in [1.165, 1.54) is 12.4 Å². The lowest BCUT2D eigenvalue weighted by molar-refractivity contribution is 0.0837. The zero-order valence-electron chi connectivity index (χ0n) is 21.9. The first kappa shape index (κ1) is 28.4. The van der Waals surface area contributed by atoms with Crippen LogP contribution < -0.4 is 15.6 Å². The number of fused-ring (bicyclic) bond motifs is 1. The normalized spacial score (nSPS) is 11.7. The molecular weight excluding hydrogens is 520 g/mol. The molecule has 0 aliphatic heterocycles. The predicted octanol–water partition coefficient (Wildman–Crippen LogP) is 2.20. The fourth-order valence-electron chi connectivity index (χ4n) is 3.90. The van der Waals surface area contributed by atoms with E-state index in [0.717, 1.165) is 28.3 Å². The molecule has 2 N–H and O–H groups in total. The number of benzene rings is 2. The van der Waals surface area contributed by atoms with Crippen LogP contribution in [-0.2, 0) is 6.54 Å². The second-order valence-corrected chi connectivity index (χ2v) is 9.24. The summed E-state index contributed by atoms with van der Waals surface area (Å²) in [6.07, 6.45) is 3.33. The SMILES string of the molecule is CN(C)CC(O)COc1ccnc2ccc(C#CCNC(=O)c3cncn(Cc4ccc(F)c(F)c4)c3=O)cc12. The van der Waals surface area contributed by atoms with Crippen molar-refractivity contribution in [1.82, 2.24) is 24.8 Å². The molecule has 0 bridgehead atoms. The lowest BCUT2D eigenvalue weighted by Gasteiger charge is -2.17. The highest BCUT2D eigenvalue weighted by atomic mass is 19.2. The highest BCUT2D eigenvalue weighted by Gasteiger charge is 2.13. The van der Waals surface area contributed by atoms with Crippen LogP contribution >= 0.6 is 0 Å². The van der Waals surface area contributed by atoms with Gasteiger partial charge >= 0.3 is 0 Å². The van der Waals surface area contributed by atoms with Crippen molar-refractivity contribution in [1.29, 1.82) is 0 Å². The number of nitrogens with zero attached hydrogens (tertiary/aromatic N) is 4. The number of carbonyl (C=O) groups excluding carboxylic acids is 1. The summed E-state index contributed by atoms with van der Waals surface area (Å²) >= 11 is 0. The maximum Gasteiger partial charge on any atom is 0.266 e. The smallest absolute Gasteiger partial charge is 0.266 e. The van der Waals surface area contributed by atoms with Crippen molar-refractivity contribution in [3.8, 4) is 17.6 Å². The number of hydrogen-bond donors (Lipinski definition) is 2. The molecule has 2 heterocycles. The van der Waals surface area contributed by atoms with Gasteiger partial charge in [-0.1, -0.05) is 17.9 Å². The van der Waals surface area contributed by atoms with E-state index in [9.17, 15) is 23.5 Å². The maximum atomic E-state index is 13.5. The summed E-state index contributed by atoms with van der Waals surface area (Å²) in [4.78, 5) is 35.5. The number of nitrogens with one attached hydrogen (secondary N) is 1.